The number of pyridine rings is 1. The Labute approximate surface area is 115 Å². The zero-order valence-electron chi connectivity index (χ0n) is 10.7. The Morgan fingerprint density at radius 3 is 2.70 bits per heavy atom. The standard InChI is InChI=1S/C14H12N2O4/c1-20-14(19)9-4-5-12(17)11(7-9)16-13(18)10-3-2-6-15-8-10/h2-8,17H,1H3,(H,16,18). The van der Waals surface area contributed by atoms with Gasteiger partial charge >= 0.3 is 5.97 Å². The van der Waals surface area contributed by atoms with Crippen molar-refractivity contribution in [2.24, 2.45) is 0 Å². The minimum Gasteiger partial charge on any atom is -0.506 e. The van der Waals surface area contributed by atoms with Crippen molar-refractivity contribution in [3.63, 3.8) is 0 Å². The van der Waals surface area contributed by atoms with Crippen molar-refractivity contribution >= 4 is 17.6 Å². The number of esters is 1. The number of phenols is 1. The van der Waals surface area contributed by atoms with Crippen molar-refractivity contribution in [1.29, 1.82) is 0 Å². The molecule has 6 nitrogen and oxygen atoms in total. The number of nitrogens with zero attached hydrogens (tertiary/aromatic N) is 1. The maximum Gasteiger partial charge on any atom is 0.337 e. The highest BCUT2D eigenvalue weighted by Gasteiger charge is 2.12. The summed E-state index contributed by atoms with van der Waals surface area (Å²) in [5.74, 6) is -1.13. The molecule has 1 amide bonds. The Kier molecular flexibility index (Phi) is 3.95. The van der Waals surface area contributed by atoms with Crippen molar-refractivity contribution in [3.05, 3.63) is 53.9 Å². The van der Waals surface area contributed by atoms with Gasteiger partial charge < -0.3 is 15.2 Å². The maximum absolute atomic E-state index is 11.9. The summed E-state index contributed by atoms with van der Waals surface area (Å²) in [5, 5.41) is 12.2. The van der Waals surface area contributed by atoms with E-state index in [2.05, 4.69) is 15.0 Å². The number of nitrogens with one attached hydrogen (secondary N) is 1. The molecule has 1 aromatic heterocycles. The van der Waals surface area contributed by atoms with Crippen LogP contribution in [0.4, 0.5) is 5.69 Å². The zero-order chi connectivity index (χ0) is 14.5. The Bertz CT molecular complexity index is 641. The summed E-state index contributed by atoms with van der Waals surface area (Å²) >= 11 is 0. The summed E-state index contributed by atoms with van der Waals surface area (Å²) < 4.78 is 4.58. The molecule has 0 saturated carbocycles. The number of ether oxygens (including phenoxy) is 1. The van der Waals surface area contributed by atoms with Gasteiger partial charge in [-0.1, -0.05) is 0 Å². The van der Waals surface area contributed by atoms with E-state index in [1.165, 1.54) is 31.5 Å². The highest BCUT2D eigenvalue weighted by molar-refractivity contribution is 6.05. The van der Waals surface area contributed by atoms with E-state index in [1.54, 1.807) is 18.3 Å². The van der Waals surface area contributed by atoms with Crippen molar-refractivity contribution in [2.75, 3.05) is 12.4 Å². The molecule has 0 spiro atoms. The molecule has 0 aliphatic rings. The second kappa shape index (κ2) is 5.83. The molecule has 2 aromatic rings. The lowest BCUT2D eigenvalue weighted by Gasteiger charge is -2.08. The number of hydrogen-bond acceptors (Lipinski definition) is 5. The zero-order valence-corrected chi connectivity index (χ0v) is 10.7. The summed E-state index contributed by atoms with van der Waals surface area (Å²) in [5.41, 5.74) is 0.698. The lowest BCUT2D eigenvalue weighted by Crippen LogP contribution is -2.13. The van der Waals surface area contributed by atoms with E-state index in [1.807, 2.05) is 0 Å². The average Bonchev–Trinajstić information content (AvgIpc) is 2.49. The number of aromatic hydroxyl groups is 1. The molecule has 20 heavy (non-hydrogen) atoms. The molecule has 0 saturated heterocycles. The van der Waals surface area contributed by atoms with Gasteiger partial charge in [-0.3, -0.25) is 9.78 Å². The van der Waals surface area contributed by atoms with Gasteiger partial charge in [-0.25, -0.2) is 4.79 Å². The minimum absolute atomic E-state index is 0.127. The molecule has 2 N–H and O–H groups in total. The molecule has 6 heteroatoms. The fourth-order valence-electron chi connectivity index (χ4n) is 1.57. The van der Waals surface area contributed by atoms with E-state index in [0.29, 0.717) is 5.56 Å². The molecule has 0 aliphatic heterocycles. The minimum atomic E-state index is -0.554. The van der Waals surface area contributed by atoms with Gasteiger partial charge in [0.1, 0.15) is 5.75 Å². The first-order chi connectivity index (χ1) is 9.61. The Morgan fingerprint density at radius 2 is 2.05 bits per heavy atom. The van der Waals surface area contributed by atoms with Gasteiger partial charge in [0.05, 0.1) is 23.9 Å². The number of hydrogen-bond donors (Lipinski definition) is 2. The van der Waals surface area contributed by atoms with Crippen LogP contribution in [-0.4, -0.2) is 29.1 Å². The Morgan fingerprint density at radius 1 is 1.25 bits per heavy atom. The molecule has 0 radical (unpaired) electrons. The normalized spacial score (nSPS) is 9.85. The molecular formula is C14H12N2O4. The highest BCUT2D eigenvalue weighted by Crippen LogP contribution is 2.25. The van der Waals surface area contributed by atoms with E-state index in [-0.39, 0.29) is 17.0 Å². The van der Waals surface area contributed by atoms with Gasteiger partial charge in [-0.15, -0.1) is 0 Å². The van der Waals surface area contributed by atoms with Crippen LogP contribution in [0, 0.1) is 0 Å². The molecule has 1 heterocycles. The smallest absolute Gasteiger partial charge is 0.337 e. The second-order valence-electron chi connectivity index (χ2n) is 3.92. The molecule has 0 aliphatic carbocycles. The fraction of sp³-hybridized carbons (Fsp3) is 0.0714. The molecule has 0 unspecified atom stereocenters. The van der Waals surface area contributed by atoms with Crippen LogP contribution in [0.2, 0.25) is 0 Å². The lowest BCUT2D eigenvalue weighted by atomic mass is 10.1. The van der Waals surface area contributed by atoms with Gasteiger partial charge in [-0.2, -0.15) is 0 Å². The summed E-state index contributed by atoms with van der Waals surface area (Å²) in [7, 11) is 1.25. The maximum atomic E-state index is 11.9. The number of amides is 1. The van der Waals surface area contributed by atoms with Crippen LogP contribution in [-0.2, 0) is 4.74 Å². The monoisotopic (exact) mass is 272 g/mol. The van der Waals surface area contributed by atoms with E-state index in [9.17, 15) is 14.7 Å². The number of rotatable bonds is 3. The van der Waals surface area contributed by atoms with Gasteiger partial charge in [0, 0.05) is 12.4 Å². The number of aromatic nitrogens is 1. The van der Waals surface area contributed by atoms with Crippen LogP contribution in [0.3, 0.4) is 0 Å². The third-order valence-corrected chi connectivity index (χ3v) is 2.59. The predicted octanol–water partition coefficient (Wildman–Crippen LogP) is 1.83. The fourth-order valence-corrected chi connectivity index (χ4v) is 1.57. The number of anilines is 1. The topological polar surface area (TPSA) is 88.5 Å². The molecule has 1 aromatic carbocycles. The molecule has 2 rings (SSSR count). The second-order valence-corrected chi connectivity index (χ2v) is 3.92. The van der Waals surface area contributed by atoms with Gasteiger partial charge in [-0.05, 0) is 30.3 Å². The van der Waals surface area contributed by atoms with Gasteiger partial charge in [0.15, 0.2) is 0 Å². The molecule has 0 fully saturated rings. The third-order valence-electron chi connectivity index (χ3n) is 2.59. The van der Waals surface area contributed by atoms with E-state index in [0.717, 1.165) is 0 Å². The van der Waals surface area contributed by atoms with Crippen molar-refractivity contribution in [1.82, 2.24) is 4.98 Å². The van der Waals surface area contributed by atoms with E-state index in [4.69, 9.17) is 0 Å². The van der Waals surface area contributed by atoms with Gasteiger partial charge in [0.2, 0.25) is 0 Å². The number of methoxy groups -OCH3 is 1. The number of carbonyl (C=O) groups excluding carboxylic acids is 2. The largest absolute Gasteiger partial charge is 0.506 e. The Balaban J connectivity index is 2.25. The van der Waals surface area contributed by atoms with Crippen LogP contribution >= 0.6 is 0 Å². The molecule has 0 atom stereocenters. The Hall–Kier alpha value is -2.89. The quantitative estimate of drug-likeness (QED) is 0.657. The summed E-state index contributed by atoms with van der Waals surface area (Å²) in [6.07, 6.45) is 2.95. The average molecular weight is 272 g/mol. The predicted molar refractivity (Wildman–Crippen MR) is 71.6 cm³/mol. The SMILES string of the molecule is COC(=O)c1ccc(O)c(NC(=O)c2cccnc2)c1. The van der Waals surface area contributed by atoms with Crippen LogP contribution in [0.15, 0.2) is 42.7 Å². The molecule has 102 valence electrons. The molecular weight excluding hydrogens is 260 g/mol. The summed E-state index contributed by atoms with van der Waals surface area (Å²) in [6.45, 7) is 0. The highest BCUT2D eigenvalue weighted by atomic mass is 16.5. The van der Waals surface area contributed by atoms with E-state index < -0.39 is 11.9 Å². The van der Waals surface area contributed by atoms with Crippen molar-refractivity contribution in [3.8, 4) is 5.75 Å². The third kappa shape index (κ3) is 2.92. The van der Waals surface area contributed by atoms with Gasteiger partial charge in [0.25, 0.3) is 5.91 Å². The first kappa shape index (κ1) is 13.5. The number of carbonyl (C=O) groups is 2. The van der Waals surface area contributed by atoms with Crippen LogP contribution in [0.1, 0.15) is 20.7 Å². The lowest BCUT2D eigenvalue weighted by molar-refractivity contribution is 0.0600. The van der Waals surface area contributed by atoms with Crippen LogP contribution < -0.4 is 5.32 Å². The number of phenolic OH excluding ortho intramolecular Hbond substituents is 1. The van der Waals surface area contributed by atoms with E-state index >= 15 is 0 Å². The van der Waals surface area contributed by atoms with Crippen molar-refractivity contribution < 1.29 is 19.4 Å². The summed E-state index contributed by atoms with van der Waals surface area (Å²) in [6, 6.07) is 7.27. The van der Waals surface area contributed by atoms with Crippen LogP contribution in [0.25, 0.3) is 0 Å². The molecule has 0 bridgehead atoms. The summed E-state index contributed by atoms with van der Waals surface area (Å²) in [4.78, 5) is 27.2. The first-order valence-electron chi connectivity index (χ1n) is 5.74. The first-order valence-corrected chi connectivity index (χ1v) is 5.74. The van der Waals surface area contributed by atoms with Crippen molar-refractivity contribution in [2.45, 2.75) is 0 Å². The van der Waals surface area contributed by atoms with Crippen LogP contribution in [0.5, 0.6) is 5.75 Å². The number of benzene rings is 1.